The molecule has 0 aliphatic carbocycles. The molecule has 9 nitrogen and oxygen atoms in total. The lowest BCUT2D eigenvalue weighted by molar-refractivity contribution is -0.192. The van der Waals surface area contributed by atoms with E-state index >= 15 is 0 Å². The Kier molecular flexibility index (Phi) is 7.66. The van der Waals surface area contributed by atoms with Gasteiger partial charge in [0.15, 0.2) is 0 Å². The molecule has 0 aromatic carbocycles. The van der Waals surface area contributed by atoms with Gasteiger partial charge in [0.05, 0.1) is 24.8 Å². The minimum Gasteiger partial charge on any atom is -0.475 e. The van der Waals surface area contributed by atoms with Crippen molar-refractivity contribution in [2.75, 3.05) is 19.3 Å². The molecule has 0 bridgehead atoms. The molecule has 0 saturated heterocycles. The van der Waals surface area contributed by atoms with E-state index in [-0.39, 0.29) is 6.04 Å². The molecule has 0 fully saturated rings. The van der Waals surface area contributed by atoms with Crippen molar-refractivity contribution < 1.29 is 35.9 Å². The number of alkyl halides is 3. The van der Waals surface area contributed by atoms with E-state index in [0.717, 1.165) is 43.3 Å². The zero-order chi connectivity index (χ0) is 22.5. The third-order valence-corrected chi connectivity index (χ3v) is 4.98. The van der Waals surface area contributed by atoms with Gasteiger partial charge in [0, 0.05) is 31.9 Å². The predicted molar refractivity (Wildman–Crippen MR) is 100.0 cm³/mol. The fourth-order valence-corrected chi connectivity index (χ4v) is 3.50. The van der Waals surface area contributed by atoms with Crippen molar-refractivity contribution in [1.82, 2.24) is 19.2 Å². The van der Waals surface area contributed by atoms with Crippen LogP contribution in [0.5, 0.6) is 0 Å². The maximum Gasteiger partial charge on any atom is 0.490 e. The zero-order valence-electron chi connectivity index (χ0n) is 16.4. The third-order valence-electron chi connectivity index (χ3n) is 4.25. The molecule has 168 valence electrons. The topological polar surface area (TPSA) is 118 Å². The molecule has 0 saturated carbocycles. The molecule has 2 aromatic heterocycles. The molecular formula is C17H23F3N4O5S. The molecule has 0 spiro atoms. The van der Waals surface area contributed by atoms with Gasteiger partial charge in [0.25, 0.3) is 0 Å². The quantitative estimate of drug-likeness (QED) is 0.688. The van der Waals surface area contributed by atoms with Crippen LogP contribution in [0.1, 0.15) is 29.7 Å². The van der Waals surface area contributed by atoms with Crippen molar-refractivity contribution in [3.05, 3.63) is 41.9 Å². The molecule has 0 amide bonds. The van der Waals surface area contributed by atoms with Crippen LogP contribution in [0.4, 0.5) is 13.2 Å². The summed E-state index contributed by atoms with van der Waals surface area (Å²) in [5.74, 6) is -0.896. The second-order valence-corrected chi connectivity index (χ2v) is 8.72. The number of nitrogens with zero attached hydrogens (tertiary/aromatic N) is 3. The van der Waals surface area contributed by atoms with Crippen LogP contribution in [0.25, 0.3) is 0 Å². The fraction of sp³-hybridized carbons (Fsp3) is 0.529. The van der Waals surface area contributed by atoms with E-state index in [1.807, 2.05) is 31.6 Å². The largest absolute Gasteiger partial charge is 0.490 e. The van der Waals surface area contributed by atoms with Crippen molar-refractivity contribution in [2.45, 2.75) is 38.7 Å². The first kappa shape index (κ1) is 23.9. The molecular weight excluding hydrogens is 429 g/mol. The van der Waals surface area contributed by atoms with Gasteiger partial charge in [-0.3, -0.25) is 4.90 Å². The smallest absolute Gasteiger partial charge is 0.475 e. The maximum atomic E-state index is 11.2. The maximum absolute atomic E-state index is 11.2. The first-order chi connectivity index (χ1) is 13.8. The first-order valence-corrected chi connectivity index (χ1v) is 10.8. The van der Waals surface area contributed by atoms with Gasteiger partial charge in [-0.05, 0) is 25.5 Å². The van der Waals surface area contributed by atoms with E-state index in [1.54, 1.807) is 0 Å². The number of carboxylic acids is 1. The number of nitrogens with one attached hydrogen (secondary N) is 1. The van der Waals surface area contributed by atoms with E-state index in [2.05, 4.69) is 19.2 Å². The number of hydrogen-bond donors (Lipinski definition) is 2. The highest BCUT2D eigenvalue weighted by Crippen LogP contribution is 2.25. The lowest BCUT2D eigenvalue weighted by Gasteiger charge is -2.34. The van der Waals surface area contributed by atoms with Crippen LogP contribution < -0.4 is 4.72 Å². The lowest BCUT2D eigenvalue weighted by atomic mass is 10.1. The highest BCUT2D eigenvalue weighted by atomic mass is 32.2. The third kappa shape index (κ3) is 7.46. The van der Waals surface area contributed by atoms with Crippen molar-refractivity contribution >= 4 is 16.0 Å². The van der Waals surface area contributed by atoms with Crippen LogP contribution in [0.2, 0.25) is 0 Å². The van der Waals surface area contributed by atoms with Gasteiger partial charge in [0.2, 0.25) is 10.0 Å². The Labute approximate surface area is 171 Å². The van der Waals surface area contributed by atoms with Gasteiger partial charge in [-0.1, -0.05) is 0 Å². The molecule has 2 aromatic rings. The number of aromatic nitrogens is 2. The highest BCUT2D eigenvalue weighted by molar-refractivity contribution is 7.88. The average molecular weight is 452 g/mol. The molecule has 1 atom stereocenters. The van der Waals surface area contributed by atoms with Crippen LogP contribution in [0.3, 0.4) is 0 Å². The van der Waals surface area contributed by atoms with Gasteiger partial charge in [-0.25, -0.2) is 22.9 Å². The number of hydrogen-bond acceptors (Lipinski definition) is 6. The number of rotatable bonds is 6. The van der Waals surface area contributed by atoms with Gasteiger partial charge in [-0.15, -0.1) is 0 Å². The summed E-state index contributed by atoms with van der Waals surface area (Å²) in [5, 5.41) is 7.12. The van der Waals surface area contributed by atoms with Crippen molar-refractivity contribution in [1.29, 1.82) is 0 Å². The summed E-state index contributed by atoms with van der Waals surface area (Å²) in [7, 11) is -3.15. The van der Waals surface area contributed by atoms with Crippen LogP contribution in [-0.4, -0.2) is 59.5 Å². The SMILES string of the molecule is Cc1ccc(CN2Cc3cncn3C(CCNS(C)(=O)=O)C2)o1.O=C(O)C(F)(F)F. The van der Waals surface area contributed by atoms with Crippen LogP contribution in [0.15, 0.2) is 29.1 Å². The first-order valence-electron chi connectivity index (χ1n) is 8.88. The van der Waals surface area contributed by atoms with Gasteiger partial charge in [0.1, 0.15) is 11.5 Å². The summed E-state index contributed by atoms with van der Waals surface area (Å²) in [5.41, 5.74) is 1.14. The number of carbonyl (C=O) groups is 1. The molecule has 3 heterocycles. The summed E-state index contributed by atoms with van der Waals surface area (Å²) in [4.78, 5) is 15.4. The summed E-state index contributed by atoms with van der Waals surface area (Å²) in [6.07, 6.45) is 0.525. The highest BCUT2D eigenvalue weighted by Gasteiger charge is 2.38. The summed E-state index contributed by atoms with van der Waals surface area (Å²) in [6, 6.07) is 4.17. The monoisotopic (exact) mass is 452 g/mol. The number of halogens is 3. The minimum absolute atomic E-state index is 0.201. The standard InChI is InChI=1S/C15H22N4O3S.C2HF3O2/c1-12-3-4-15(22-12)10-18-8-13(5-6-17-23(2,20)21)19-11-16-7-14(19)9-18;3-2(4,5)1(6)7/h3-4,7,11,13,17H,5-6,8-10H2,1-2H3;(H,6,7). The second kappa shape index (κ2) is 9.62. The number of sulfonamides is 1. The Hall–Kier alpha value is -2.38. The number of fused-ring (bicyclic) bond motifs is 1. The number of aryl methyl sites for hydroxylation is 1. The number of carboxylic acid groups (broad SMARTS) is 1. The molecule has 2 N–H and O–H groups in total. The van der Waals surface area contributed by atoms with E-state index in [9.17, 15) is 21.6 Å². The molecule has 1 unspecified atom stereocenters. The van der Waals surface area contributed by atoms with Crippen molar-refractivity contribution in [2.24, 2.45) is 0 Å². The van der Waals surface area contributed by atoms with E-state index < -0.39 is 22.2 Å². The lowest BCUT2D eigenvalue weighted by Crippen LogP contribution is -2.38. The van der Waals surface area contributed by atoms with Crippen LogP contribution in [-0.2, 0) is 27.9 Å². The van der Waals surface area contributed by atoms with Gasteiger partial charge < -0.3 is 14.1 Å². The Bertz CT molecular complexity index is 955. The van der Waals surface area contributed by atoms with E-state index in [1.165, 1.54) is 6.26 Å². The van der Waals surface area contributed by atoms with E-state index in [4.69, 9.17) is 14.3 Å². The number of imidazole rings is 1. The summed E-state index contributed by atoms with van der Waals surface area (Å²) >= 11 is 0. The fourth-order valence-electron chi connectivity index (χ4n) is 3.02. The number of furan rings is 1. The molecule has 0 radical (unpaired) electrons. The molecule has 1 aliphatic heterocycles. The summed E-state index contributed by atoms with van der Waals surface area (Å²) < 4.78 is 64.6. The van der Waals surface area contributed by atoms with Gasteiger partial charge >= 0.3 is 12.1 Å². The summed E-state index contributed by atoms with van der Waals surface area (Å²) in [6.45, 7) is 4.77. The molecule has 1 aliphatic rings. The normalized spacial score (nSPS) is 17.2. The minimum atomic E-state index is -5.08. The molecule has 30 heavy (non-hydrogen) atoms. The second-order valence-electron chi connectivity index (χ2n) is 6.89. The zero-order valence-corrected chi connectivity index (χ0v) is 17.2. The van der Waals surface area contributed by atoms with Gasteiger partial charge in [-0.2, -0.15) is 13.2 Å². The van der Waals surface area contributed by atoms with Crippen molar-refractivity contribution in [3.63, 3.8) is 0 Å². The molecule has 13 heteroatoms. The van der Waals surface area contributed by atoms with E-state index in [0.29, 0.717) is 6.54 Å². The molecule has 3 rings (SSSR count). The Morgan fingerprint density at radius 3 is 2.60 bits per heavy atom. The number of aliphatic carboxylic acids is 1. The van der Waals surface area contributed by atoms with Crippen molar-refractivity contribution in [3.8, 4) is 0 Å². The Balaban J connectivity index is 0.000000396. The Morgan fingerprint density at radius 1 is 1.40 bits per heavy atom. The Morgan fingerprint density at radius 2 is 2.07 bits per heavy atom. The predicted octanol–water partition coefficient (Wildman–Crippen LogP) is 1.91. The van der Waals surface area contributed by atoms with Crippen LogP contribution >= 0.6 is 0 Å². The average Bonchev–Trinajstić information content (AvgIpc) is 3.22. The van der Waals surface area contributed by atoms with Crippen LogP contribution in [0, 0.1) is 6.92 Å².